The van der Waals surface area contributed by atoms with Crippen LogP contribution in [-0.4, -0.2) is 7.11 Å². The van der Waals surface area contributed by atoms with Crippen molar-refractivity contribution < 1.29 is 9.47 Å². The Labute approximate surface area is 142 Å². The SMILES string of the molecule is COc1cc2c(cc1OCc1ccccc1)CCc1ccccc1-2. The van der Waals surface area contributed by atoms with E-state index in [-0.39, 0.29) is 0 Å². The zero-order valence-corrected chi connectivity index (χ0v) is 13.8. The van der Waals surface area contributed by atoms with Crippen molar-refractivity contribution in [3.63, 3.8) is 0 Å². The fraction of sp³-hybridized carbons (Fsp3) is 0.182. The topological polar surface area (TPSA) is 18.5 Å². The van der Waals surface area contributed by atoms with E-state index in [1.54, 1.807) is 7.11 Å². The molecule has 24 heavy (non-hydrogen) atoms. The van der Waals surface area contributed by atoms with E-state index in [0.29, 0.717) is 6.61 Å². The summed E-state index contributed by atoms with van der Waals surface area (Å²) in [5.74, 6) is 1.61. The molecule has 0 N–H and O–H groups in total. The molecule has 0 bridgehead atoms. The van der Waals surface area contributed by atoms with E-state index in [4.69, 9.17) is 9.47 Å². The molecule has 120 valence electrons. The van der Waals surface area contributed by atoms with Gasteiger partial charge in [-0.05, 0) is 52.8 Å². The monoisotopic (exact) mass is 316 g/mol. The smallest absolute Gasteiger partial charge is 0.161 e. The van der Waals surface area contributed by atoms with Crippen LogP contribution in [0, 0.1) is 0 Å². The molecule has 0 unspecified atom stereocenters. The Hall–Kier alpha value is -2.74. The lowest BCUT2D eigenvalue weighted by Crippen LogP contribution is -2.06. The Bertz CT molecular complexity index is 853. The summed E-state index contributed by atoms with van der Waals surface area (Å²) in [5, 5.41) is 0. The first-order chi connectivity index (χ1) is 11.8. The first-order valence-corrected chi connectivity index (χ1v) is 8.31. The fourth-order valence-electron chi connectivity index (χ4n) is 3.34. The van der Waals surface area contributed by atoms with Gasteiger partial charge in [-0.3, -0.25) is 0 Å². The van der Waals surface area contributed by atoms with Crippen molar-refractivity contribution >= 4 is 0 Å². The highest BCUT2D eigenvalue weighted by molar-refractivity contribution is 5.75. The Morgan fingerprint density at radius 1 is 0.750 bits per heavy atom. The predicted octanol–water partition coefficient (Wildman–Crippen LogP) is 5.04. The molecule has 0 saturated heterocycles. The van der Waals surface area contributed by atoms with E-state index < -0.39 is 0 Å². The number of ether oxygens (including phenoxy) is 2. The quantitative estimate of drug-likeness (QED) is 0.671. The summed E-state index contributed by atoms with van der Waals surface area (Å²) in [5.41, 5.74) is 6.47. The molecule has 3 aromatic rings. The van der Waals surface area contributed by atoms with Gasteiger partial charge in [0.15, 0.2) is 11.5 Å². The highest BCUT2D eigenvalue weighted by Crippen LogP contribution is 2.40. The summed E-state index contributed by atoms with van der Waals surface area (Å²) in [4.78, 5) is 0. The average Bonchev–Trinajstić information content (AvgIpc) is 2.66. The number of fused-ring (bicyclic) bond motifs is 3. The maximum atomic E-state index is 6.04. The molecule has 1 aliphatic carbocycles. The molecule has 0 radical (unpaired) electrons. The van der Waals surface area contributed by atoms with Gasteiger partial charge in [0.1, 0.15) is 6.61 Å². The molecule has 0 amide bonds. The standard InChI is InChI=1S/C22H20O2/c1-23-21-14-20-18(12-11-17-9-5-6-10-19(17)20)13-22(21)24-15-16-7-3-2-4-8-16/h2-10,13-14H,11-12,15H2,1H3. The molecule has 0 heterocycles. The summed E-state index contributed by atoms with van der Waals surface area (Å²) >= 11 is 0. The van der Waals surface area contributed by atoms with E-state index in [1.165, 1.54) is 22.3 Å². The predicted molar refractivity (Wildman–Crippen MR) is 96.6 cm³/mol. The zero-order chi connectivity index (χ0) is 16.4. The van der Waals surface area contributed by atoms with Crippen molar-refractivity contribution in [2.45, 2.75) is 19.4 Å². The Balaban J connectivity index is 1.68. The number of hydrogen-bond acceptors (Lipinski definition) is 2. The van der Waals surface area contributed by atoms with Crippen molar-refractivity contribution in [1.82, 2.24) is 0 Å². The van der Waals surface area contributed by atoms with E-state index >= 15 is 0 Å². The Morgan fingerprint density at radius 2 is 1.50 bits per heavy atom. The second-order valence-corrected chi connectivity index (χ2v) is 6.09. The van der Waals surface area contributed by atoms with Crippen LogP contribution in [0.25, 0.3) is 11.1 Å². The molecule has 4 rings (SSSR count). The molecule has 0 fully saturated rings. The summed E-state index contributed by atoms with van der Waals surface area (Å²) < 4.78 is 11.6. The molecule has 0 saturated carbocycles. The van der Waals surface area contributed by atoms with Crippen LogP contribution in [0.4, 0.5) is 0 Å². The normalized spacial score (nSPS) is 12.2. The Morgan fingerprint density at radius 3 is 2.33 bits per heavy atom. The van der Waals surface area contributed by atoms with Gasteiger partial charge in [-0.25, -0.2) is 0 Å². The second kappa shape index (κ2) is 6.40. The van der Waals surface area contributed by atoms with Crippen molar-refractivity contribution in [2.75, 3.05) is 7.11 Å². The van der Waals surface area contributed by atoms with Crippen molar-refractivity contribution in [2.24, 2.45) is 0 Å². The molecular weight excluding hydrogens is 296 g/mol. The molecule has 1 aliphatic rings. The number of hydrogen-bond donors (Lipinski definition) is 0. The van der Waals surface area contributed by atoms with Gasteiger partial charge >= 0.3 is 0 Å². The largest absolute Gasteiger partial charge is 0.493 e. The van der Waals surface area contributed by atoms with E-state index in [0.717, 1.165) is 29.9 Å². The van der Waals surface area contributed by atoms with Crippen LogP contribution < -0.4 is 9.47 Å². The lowest BCUT2D eigenvalue weighted by atomic mass is 9.85. The van der Waals surface area contributed by atoms with Gasteiger partial charge in [0.2, 0.25) is 0 Å². The summed E-state index contributed by atoms with van der Waals surface area (Å²) in [6.07, 6.45) is 2.12. The number of methoxy groups -OCH3 is 1. The van der Waals surface area contributed by atoms with Gasteiger partial charge < -0.3 is 9.47 Å². The highest BCUT2D eigenvalue weighted by atomic mass is 16.5. The van der Waals surface area contributed by atoms with Crippen LogP contribution in [0.3, 0.4) is 0 Å². The van der Waals surface area contributed by atoms with Crippen LogP contribution in [0.2, 0.25) is 0 Å². The van der Waals surface area contributed by atoms with Crippen LogP contribution >= 0.6 is 0 Å². The zero-order valence-electron chi connectivity index (χ0n) is 13.8. The highest BCUT2D eigenvalue weighted by Gasteiger charge is 2.19. The summed E-state index contributed by atoms with van der Waals surface area (Å²) in [6, 6.07) is 23.1. The van der Waals surface area contributed by atoms with Gasteiger partial charge in [0, 0.05) is 0 Å². The van der Waals surface area contributed by atoms with Gasteiger partial charge in [-0.1, -0.05) is 54.6 Å². The van der Waals surface area contributed by atoms with Gasteiger partial charge in [-0.15, -0.1) is 0 Å². The maximum absolute atomic E-state index is 6.04. The second-order valence-electron chi connectivity index (χ2n) is 6.09. The molecule has 3 aromatic carbocycles. The molecule has 0 aliphatic heterocycles. The number of rotatable bonds is 4. The third-order valence-corrected chi connectivity index (χ3v) is 4.60. The molecule has 2 heteroatoms. The number of benzene rings is 3. The van der Waals surface area contributed by atoms with Crippen LogP contribution in [0.15, 0.2) is 66.7 Å². The van der Waals surface area contributed by atoms with Crippen LogP contribution in [0.1, 0.15) is 16.7 Å². The van der Waals surface area contributed by atoms with Gasteiger partial charge in [0.05, 0.1) is 7.11 Å². The average molecular weight is 316 g/mol. The van der Waals surface area contributed by atoms with Gasteiger partial charge in [0.25, 0.3) is 0 Å². The molecular formula is C22H20O2. The molecule has 0 atom stereocenters. The number of aryl methyl sites for hydroxylation is 2. The summed E-state index contributed by atoms with van der Waals surface area (Å²) in [7, 11) is 1.70. The minimum Gasteiger partial charge on any atom is -0.493 e. The van der Waals surface area contributed by atoms with Crippen molar-refractivity contribution in [3.05, 3.63) is 83.4 Å². The third-order valence-electron chi connectivity index (χ3n) is 4.60. The maximum Gasteiger partial charge on any atom is 0.161 e. The lowest BCUT2D eigenvalue weighted by Gasteiger charge is -2.22. The van der Waals surface area contributed by atoms with Gasteiger partial charge in [-0.2, -0.15) is 0 Å². The van der Waals surface area contributed by atoms with E-state index in [1.807, 2.05) is 18.2 Å². The van der Waals surface area contributed by atoms with E-state index in [2.05, 4.69) is 48.5 Å². The Kier molecular flexibility index (Phi) is 3.96. The van der Waals surface area contributed by atoms with Crippen molar-refractivity contribution in [1.29, 1.82) is 0 Å². The molecule has 0 spiro atoms. The first-order valence-electron chi connectivity index (χ1n) is 8.31. The van der Waals surface area contributed by atoms with Crippen LogP contribution in [0.5, 0.6) is 11.5 Å². The molecule has 2 nitrogen and oxygen atoms in total. The summed E-state index contributed by atoms with van der Waals surface area (Å²) in [6.45, 7) is 0.548. The minimum absolute atomic E-state index is 0.548. The van der Waals surface area contributed by atoms with Crippen molar-refractivity contribution in [3.8, 4) is 22.6 Å². The third kappa shape index (κ3) is 2.76. The van der Waals surface area contributed by atoms with E-state index in [9.17, 15) is 0 Å². The fourth-order valence-corrected chi connectivity index (χ4v) is 3.34. The lowest BCUT2D eigenvalue weighted by molar-refractivity contribution is 0.284. The minimum atomic E-state index is 0.548. The molecule has 0 aromatic heterocycles. The first kappa shape index (κ1) is 14.8. The van der Waals surface area contributed by atoms with Crippen LogP contribution in [-0.2, 0) is 19.4 Å².